The molecule has 3 nitrogen and oxygen atoms in total. The number of allylic oxidation sites excluding steroid dienone is 2. The molecule has 0 fully saturated rings. The minimum atomic E-state index is 0.0474. The zero-order valence-electron chi connectivity index (χ0n) is 19.3. The molecule has 2 aliphatic rings. The summed E-state index contributed by atoms with van der Waals surface area (Å²) >= 11 is 0. The molecule has 0 saturated heterocycles. The summed E-state index contributed by atoms with van der Waals surface area (Å²) in [5.41, 5.74) is 5.38. The van der Waals surface area contributed by atoms with Crippen LogP contribution in [0.1, 0.15) is 46.8 Å². The molecule has 6 rings (SSSR count). The molecule has 34 heavy (non-hydrogen) atoms. The lowest BCUT2D eigenvalue weighted by Gasteiger charge is -2.38. The predicted octanol–water partition coefficient (Wildman–Crippen LogP) is 7.33. The highest BCUT2D eigenvalue weighted by Gasteiger charge is 2.38. The largest absolute Gasteiger partial charge is 0.378 e. The molecule has 168 valence electrons. The van der Waals surface area contributed by atoms with Crippen molar-refractivity contribution in [3.63, 3.8) is 0 Å². The quantitative estimate of drug-likeness (QED) is 0.334. The highest BCUT2D eigenvalue weighted by atomic mass is 16.2. The number of nitrogens with zero attached hydrogens (tertiary/aromatic N) is 1. The third-order valence-electron chi connectivity index (χ3n) is 7.40. The molecule has 3 unspecified atom stereocenters. The average molecular weight is 445 g/mol. The Balaban J connectivity index is 1.38. The minimum Gasteiger partial charge on any atom is -0.378 e. The number of carbonyl (C=O) groups is 1. The molecule has 0 radical (unpaired) electrons. The van der Waals surface area contributed by atoms with Crippen molar-refractivity contribution in [2.75, 3.05) is 16.8 Å². The van der Waals surface area contributed by atoms with Gasteiger partial charge in [-0.3, -0.25) is 4.79 Å². The maximum atomic E-state index is 13.5. The molecule has 1 amide bonds. The van der Waals surface area contributed by atoms with Gasteiger partial charge in [0.2, 0.25) is 0 Å². The SMILES string of the molecule is CCN(C(=O)c1ccc2c(c1)C1C=CCC1C(c1cccc3ccccc13)N2)c1ccccc1. The highest BCUT2D eigenvalue weighted by Crippen LogP contribution is 2.50. The van der Waals surface area contributed by atoms with Crippen LogP contribution in [0.5, 0.6) is 0 Å². The van der Waals surface area contributed by atoms with Crippen molar-refractivity contribution in [3.8, 4) is 0 Å². The van der Waals surface area contributed by atoms with Crippen molar-refractivity contribution >= 4 is 28.1 Å². The van der Waals surface area contributed by atoms with Crippen LogP contribution < -0.4 is 10.2 Å². The monoisotopic (exact) mass is 444 g/mol. The summed E-state index contributed by atoms with van der Waals surface area (Å²) in [5.74, 6) is 0.783. The molecule has 3 heteroatoms. The van der Waals surface area contributed by atoms with Crippen molar-refractivity contribution in [2.45, 2.75) is 25.3 Å². The van der Waals surface area contributed by atoms with Crippen LogP contribution in [0.2, 0.25) is 0 Å². The first kappa shape index (κ1) is 20.7. The van der Waals surface area contributed by atoms with Gasteiger partial charge in [0.25, 0.3) is 5.91 Å². The van der Waals surface area contributed by atoms with E-state index in [0.29, 0.717) is 18.4 Å². The van der Waals surface area contributed by atoms with Gasteiger partial charge in [0.1, 0.15) is 0 Å². The van der Waals surface area contributed by atoms with E-state index in [-0.39, 0.29) is 11.9 Å². The van der Waals surface area contributed by atoms with Crippen LogP contribution in [0.3, 0.4) is 0 Å². The Morgan fingerprint density at radius 3 is 2.56 bits per heavy atom. The number of hydrogen-bond acceptors (Lipinski definition) is 2. The van der Waals surface area contributed by atoms with E-state index in [2.05, 4.69) is 72.1 Å². The Bertz CT molecular complexity index is 1390. The lowest BCUT2D eigenvalue weighted by atomic mass is 9.76. The predicted molar refractivity (Wildman–Crippen MR) is 141 cm³/mol. The van der Waals surface area contributed by atoms with Crippen LogP contribution in [-0.4, -0.2) is 12.5 Å². The average Bonchev–Trinajstić information content (AvgIpc) is 3.39. The topological polar surface area (TPSA) is 32.3 Å². The fraction of sp³-hybridized carbons (Fsp3) is 0.194. The second-order valence-corrected chi connectivity index (χ2v) is 9.23. The molecule has 1 heterocycles. The number of para-hydroxylation sites is 1. The maximum Gasteiger partial charge on any atom is 0.258 e. The van der Waals surface area contributed by atoms with E-state index in [1.807, 2.05) is 48.2 Å². The Morgan fingerprint density at radius 2 is 1.71 bits per heavy atom. The highest BCUT2D eigenvalue weighted by molar-refractivity contribution is 6.06. The second-order valence-electron chi connectivity index (χ2n) is 9.23. The number of fused-ring (bicyclic) bond motifs is 4. The van der Waals surface area contributed by atoms with Gasteiger partial charge in [-0.05, 0) is 71.5 Å². The number of anilines is 2. The van der Waals surface area contributed by atoms with Gasteiger partial charge in [0, 0.05) is 29.4 Å². The summed E-state index contributed by atoms with van der Waals surface area (Å²) in [6, 6.07) is 31.6. The van der Waals surface area contributed by atoms with E-state index in [0.717, 1.165) is 23.4 Å². The van der Waals surface area contributed by atoms with Crippen molar-refractivity contribution in [3.05, 3.63) is 120 Å². The van der Waals surface area contributed by atoms with E-state index in [9.17, 15) is 4.79 Å². The van der Waals surface area contributed by atoms with Crippen molar-refractivity contribution in [1.29, 1.82) is 0 Å². The molecule has 4 aromatic rings. The molecule has 1 aliphatic heterocycles. The van der Waals surface area contributed by atoms with E-state index in [1.165, 1.54) is 21.9 Å². The number of carbonyl (C=O) groups excluding carboxylic acids is 1. The molecular formula is C31H28N2O. The van der Waals surface area contributed by atoms with Gasteiger partial charge in [-0.1, -0.05) is 72.8 Å². The van der Waals surface area contributed by atoms with Gasteiger partial charge in [0.15, 0.2) is 0 Å². The lowest BCUT2D eigenvalue weighted by molar-refractivity contribution is 0.0988. The first-order valence-corrected chi connectivity index (χ1v) is 12.2. The second kappa shape index (κ2) is 8.49. The summed E-state index contributed by atoms with van der Waals surface area (Å²) in [4.78, 5) is 15.3. The van der Waals surface area contributed by atoms with Crippen LogP contribution in [-0.2, 0) is 0 Å². The van der Waals surface area contributed by atoms with E-state index in [1.54, 1.807) is 0 Å². The summed E-state index contributed by atoms with van der Waals surface area (Å²) in [5, 5.41) is 6.44. The van der Waals surface area contributed by atoms with Gasteiger partial charge in [-0.15, -0.1) is 0 Å². The van der Waals surface area contributed by atoms with E-state index >= 15 is 0 Å². The molecular weight excluding hydrogens is 416 g/mol. The van der Waals surface area contributed by atoms with Crippen molar-refractivity contribution in [1.82, 2.24) is 0 Å². The molecule has 0 aromatic heterocycles. The van der Waals surface area contributed by atoms with Crippen LogP contribution in [0.25, 0.3) is 10.8 Å². The van der Waals surface area contributed by atoms with E-state index < -0.39 is 0 Å². The third-order valence-corrected chi connectivity index (χ3v) is 7.40. The molecule has 0 bridgehead atoms. The number of hydrogen-bond donors (Lipinski definition) is 1. The molecule has 4 aromatic carbocycles. The fourth-order valence-corrected chi connectivity index (χ4v) is 5.76. The Labute approximate surface area is 200 Å². The molecule has 0 saturated carbocycles. The normalized spacial score (nSPS) is 20.4. The standard InChI is InChI=1S/C31H28N2O/c1-2-33(23-12-4-3-5-13-23)31(34)22-18-19-29-28(20-22)25-15-9-17-27(25)30(32-29)26-16-8-11-21-10-6-7-14-24(21)26/h3-16,18-20,25,27,30,32H,2,17H2,1H3. The smallest absolute Gasteiger partial charge is 0.258 e. The Morgan fingerprint density at radius 1 is 0.912 bits per heavy atom. The van der Waals surface area contributed by atoms with Gasteiger partial charge >= 0.3 is 0 Å². The molecule has 0 spiro atoms. The maximum absolute atomic E-state index is 13.5. The van der Waals surface area contributed by atoms with Gasteiger partial charge < -0.3 is 10.2 Å². The summed E-state index contributed by atoms with van der Waals surface area (Å²) in [7, 11) is 0. The Kier molecular flexibility index (Phi) is 5.18. The van der Waals surface area contributed by atoms with Crippen molar-refractivity contribution in [2.24, 2.45) is 5.92 Å². The number of nitrogens with one attached hydrogen (secondary N) is 1. The first-order chi connectivity index (χ1) is 16.7. The first-order valence-electron chi connectivity index (χ1n) is 12.2. The van der Waals surface area contributed by atoms with Crippen LogP contribution in [0.4, 0.5) is 11.4 Å². The van der Waals surface area contributed by atoms with Gasteiger partial charge in [-0.2, -0.15) is 0 Å². The van der Waals surface area contributed by atoms with Crippen molar-refractivity contribution < 1.29 is 4.79 Å². The van der Waals surface area contributed by atoms with Crippen LogP contribution in [0, 0.1) is 5.92 Å². The minimum absolute atomic E-state index is 0.0474. The fourth-order valence-electron chi connectivity index (χ4n) is 5.76. The summed E-state index contributed by atoms with van der Waals surface area (Å²) < 4.78 is 0. The van der Waals surface area contributed by atoms with Crippen LogP contribution >= 0.6 is 0 Å². The van der Waals surface area contributed by atoms with Gasteiger partial charge in [-0.25, -0.2) is 0 Å². The van der Waals surface area contributed by atoms with Gasteiger partial charge in [0.05, 0.1) is 6.04 Å². The van der Waals surface area contributed by atoms with E-state index in [4.69, 9.17) is 0 Å². The number of rotatable bonds is 4. The Hall–Kier alpha value is -3.85. The third kappa shape index (κ3) is 3.40. The zero-order chi connectivity index (χ0) is 23.1. The molecule has 1 aliphatic carbocycles. The number of amides is 1. The molecule has 1 N–H and O–H groups in total. The molecule has 3 atom stereocenters. The van der Waals surface area contributed by atoms with Crippen LogP contribution in [0.15, 0.2) is 103 Å². The lowest BCUT2D eigenvalue weighted by Crippen LogP contribution is -2.32. The zero-order valence-corrected chi connectivity index (χ0v) is 19.3. The number of benzene rings is 4. The summed E-state index contributed by atoms with van der Waals surface area (Å²) in [6.45, 7) is 2.66. The summed E-state index contributed by atoms with van der Waals surface area (Å²) in [6.07, 6.45) is 5.68.